The molecule has 0 aliphatic carbocycles. The summed E-state index contributed by atoms with van der Waals surface area (Å²) in [6.45, 7) is 11.2. The third kappa shape index (κ3) is 2.17. The number of alkyl halides is 1. The molecule has 1 aromatic heterocycles. The van der Waals surface area contributed by atoms with Gasteiger partial charge in [-0.25, -0.2) is 0 Å². The van der Waals surface area contributed by atoms with E-state index in [0.29, 0.717) is 4.83 Å². The van der Waals surface area contributed by atoms with E-state index in [-0.39, 0.29) is 0 Å². The third-order valence-corrected chi connectivity index (χ3v) is 5.84. The Labute approximate surface area is 122 Å². The summed E-state index contributed by atoms with van der Waals surface area (Å²) in [6.07, 6.45) is 0. The van der Waals surface area contributed by atoms with Crippen LogP contribution in [-0.2, 0) is 0 Å². The van der Waals surface area contributed by atoms with Crippen molar-refractivity contribution in [2.24, 2.45) is 0 Å². The van der Waals surface area contributed by atoms with E-state index in [2.05, 4.69) is 67.4 Å². The first-order chi connectivity index (χ1) is 8.45. The lowest BCUT2D eigenvalue weighted by atomic mass is 9.87. The van der Waals surface area contributed by atoms with Crippen molar-refractivity contribution in [2.75, 3.05) is 0 Å². The van der Waals surface area contributed by atoms with Crippen molar-refractivity contribution >= 4 is 27.3 Å². The average Bonchev–Trinajstić information content (AvgIpc) is 2.88. The van der Waals surface area contributed by atoms with E-state index in [0.717, 1.165) is 0 Å². The molecule has 2 rings (SSSR count). The quantitative estimate of drug-likeness (QED) is 0.615. The summed E-state index contributed by atoms with van der Waals surface area (Å²) in [7, 11) is 0. The molecule has 96 valence electrons. The predicted molar refractivity (Wildman–Crippen MR) is 85.2 cm³/mol. The molecule has 0 saturated heterocycles. The van der Waals surface area contributed by atoms with Gasteiger partial charge in [0.15, 0.2) is 0 Å². The molecule has 1 unspecified atom stereocenters. The number of halogens is 1. The summed E-state index contributed by atoms with van der Waals surface area (Å²) in [4.78, 5) is 0.307. The number of thiophene rings is 1. The predicted octanol–water partition coefficient (Wildman–Crippen LogP) is 5.77. The summed E-state index contributed by atoms with van der Waals surface area (Å²) >= 11 is 5.63. The van der Waals surface area contributed by atoms with Crippen molar-refractivity contribution in [1.82, 2.24) is 0 Å². The summed E-state index contributed by atoms with van der Waals surface area (Å²) < 4.78 is 0. The SMILES string of the molecule is Cc1c(C)c(C)c(C(Br)c2ccsc2)c(C)c1C. The van der Waals surface area contributed by atoms with Crippen molar-refractivity contribution in [3.8, 4) is 0 Å². The highest BCUT2D eigenvalue weighted by Gasteiger charge is 2.19. The van der Waals surface area contributed by atoms with E-state index in [1.807, 2.05) is 0 Å². The second-order valence-corrected chi connectivity index (χ2v) is 6.65. The van der Waals surface area contributed by atoms with Gasteiger partial charge in [-0.15, -0.1) is 0 Å². The Morgan fingerprint density at radius 2 is 1.39 bits per heavy atom. The normalized spacial score (nSPS) is 12.8. The van der Waals surface area contributed by atoms with Gasteiger partial charge in [0.25, 0.3) is 0 Å². The van der Waals surface area contributed by atoms with E-state index in [9.17, 15) is 0 Å². The van der Waals surface area contributed by atoms with E-state index >= 15 is 0 Å². The van der Waals surface area contributed by atoms with Gasteiger partial charge in [0.1, 0.15) is 0 Å². The van der Waals surface area contributed by atoms with Crippen molar-refractivity contribution in [3.05, 3.63) is 55.8 Å². The van der Waals surface area contributed by atoms with Gasteiger partial charge in [-0.1, -0.05) is 15.9 Å². The maximum atomic E-state index is 3.87. The van der Waals surface area contributed by atoms with Crippen LogP contribution in [-0.4, -0.2) is 0 Å². The fraction of sp³-hybridized carbons (Fsp3) is 0.375. The smallest absolute Gasteiger partial charge is 0.0657 e. The lowest BCUT2D eigenvalue weighted by Gasteiger charge is -2.22. The largest absolute Gasteiger partial charge is 0.152 e. The first-order valence-corrected chi connectivity index (χ1v) is 8.04. The molecular formula is C16H19BrS. The Morgan fingerprint density at radius 1 is 0.889 bits per heavy atom. The average molecular weight is 323 g/mol. The van der Waals surface area contributed by atoms with Crippen LogP contribution in [0.3, 0.4) is 0 Å². The summed E-state index contributed by atoms with van der Waals surface area (Å²) in [5.41, 5.74) is 9.91. The second-order valence-electron chi connectivity index (χ2n) is 4.96. The minimum Gasteiger partial charge on any atom is -0.152 e. The van der Waals surface area contributed by atoms with Crippen LogP contribution < -0.4 is 0 Å². The van der Waals surface area contributed by atoms with Crippen LogP contribution in [0.2, 0.25) is 0 Å². The topological polar surface area (TPSA) is 0 Å². The Kier molecular flexibility index (Phi) is 3.98. The van der Waals surface area contributed by atoms with E-state index in [1.165, 1.54) is 38.9 Å². The standard InChI is InChI=1S/C16H19BrS/c1-9-10(2)12(4)15(13(5)11(9)3)16(17)14-6-7-18-8-14/h6-8,16H,1-5H3. The van der Waals surface area contributed by atoms with Gasteiger partial charge in [0, 0.05) is 0 Å². The van der Waals surface area contributed by atoms with Crippen molar-refractivity contribution < 1.29 is 0 Å². The van der Waals surface area contributed by atoms with Crippen LogP contribution in [0, 0.1) is 34.6 Å². The van der Waals surface area contributed by atoms with Gasteiger partial charge in [-0.3, -0.25) is 0 Å². The van der Waals surface area contributed by atoms with Crippen molar-refractivity contribution in [2.45, 2.75) is 39.4 Å². The summed E-state index contributed by atoms with van der Waals surface area (Å²) in [6, 6.07) is 2.20. The van der Waals surface area contributed by atoms with Crippen LogP contribution in [0.5, 0.6) is 0 Å². The molecule has 0 N–H and O–H groups in total. The lowest BCUT2D eigenvalue weighted by molar-refractivity contribution is 1.06. The Balaban J connectivity index is 2.65. The van der Waals surface area contributed by atoms with Crippen molar-refractivity contribution in [1.29, 1.82) is 0 Å². The fourth-order valence-corrected chi connectivity index (χ4v) is 4.33. The monoisotopic (exact) mass is 322 g/mol. The van der Waals surface area contributed by atoms with Gasteiger partial charge in [-0.05, 0) is 90.4 Å². The maximum absolute atomic E-state index is 3.87. The zero-order chi connectivity index (χ0) is 13.4. The molecule has 0 bridgehead atoms. The highest BCUT2D eigenvalue weighted by Crippen LogP contribution is 2.39. The van der Waals surface area contributed by atoms with Gasteiger partial charge < -0.3 is 0 Å². The Bertz CT molecular complexity index is 538. The van der Waals surface area contributed by atoms with Crippen LogP contribution in [0.4, 0.5) is 0 Å². The number of hydrogen-bond acceptors (Lipinski definition) is 1. The lowest BCUT2D eigenvalue weighted by Crippen LogP contribution is -2.05. The van der Waals surface area contributed by atoms with E-state index in [1.54, 1.807) is 11.3 Å². The minimum absolute atomic E-state index is 0.307. The molecule has 0 amide bonds. The van der Waals surface area contributed by atoms with Crippen molar-refractivity contribution in [3.63, 3.8) is 0 Å². The molecule has 0 saturated carbocycles. The number of benzene rings is 1. The molecule has 1 aromatic carbocycles. The van der Waals surface area contributed by atoms with Crippen LogP contribution in [0.15, 0.2) is 16.8 Å². The molecule has 0 aliphatic heterocycles. The Hall–Kier alpha value is -0.600. The highest BCUT2D eigenvalue weighted by molar-refractivity contribution is 9.09. The first-order valence-electron chi connectivity index (χ1n) is 6.18. The number of hydrogen-bond donors (Lipinski definition) is 0. The van der Waals surface area contributed by atoms with Crippen LogP contribution >= 0.6 is 27.3 Å². The molecule has 18 heavy (non-hydrogen) atoms. The maximum Gasteiger partial charge on any atom is 0.0657 e. The van der Waals surface area contributed by atoms with E-state index in [4.69, 9.17) is 0 Å². The zero-order valence-electron chi connectivity index (χ0n) is 11.6. The molecule has 0 fully saturated rings. The van der Waals surface area contributed by atoms with E-state index < -0.39 is 0 Å². The molecule has 1 atom stereocenters. The third-order valence-electron chi connectivity index (χ3n) is 4.15. The molecule has 2 heteroatoms. The molecular weight excluding hydrogens is 304 g/mol. The molecule has 1 heterocycles. The Morgan fingerprint density at radius 3 is 1.83 bits per heavy atom. The highest BCUT2D eigenvalue weighted by atomic mass is 79.9. The second kappa shape index (κ2) is 5.18. The van der Waals surface area contributed by atoms with Gasteiger partial charge >= 0.3 is 0 Å². The van der Waals surface area contributed by atoms with Crippen LogP contribution in [0.1, 0.15) is 43.8 Å². The van der Waals surface area contributed by atoms with Gasteiger partial charge in [0.05, 0.1) is 4.83 Å². The summed E-state index contributed by atoms with van der Waals surface area (Å²) in [5, 5.41) is 4.37. The van der Waals surface area contributed by atoms with Gasteiger partial charge in [-0.2, -0.15) is 11.3 Å². The molecule has 0 radical (unpaired) electrons. The molecule has 0 nitrogen and oxygen atoms in total. The first kappa shape index (κ1) is 13.8. The number of rotatable bonds is 2. The zero-order valence-corrected chi connectivity index (χ0v) is 14.0. The summed E-state index contributed by atoms with van der Waals surface area (Å²) in [5.74, 6) is 0. The minimum atomic E-state index is 0.307. The van der Waals surface area contributed by atoms with Gasteiger partial charge in [0.2, 0.25) is 0 Å². The molecule has 0 aliphatic rings. The van der Waals surface area contributed by atoms with Crippen LogP contribution in [0.25, 0.3) is 0 Å². The molecule has 0 spiro atoms. The molecule has 2 aromatic rings. The fourth-order valence-electron chi connectivity index (χ4n) is 2.50.